The Morgan fingerprint density at radius 3 is 2.40 bits per heavy atom. The summed E-state index contributed by atoms with van der Waals surface area (Å²) >= 11 is 1.49. The molecule has 0 unspecified atom stereocenters. The molecular weight excluding hydrogens is 398 g/mol. The number of anilines is 1. The molecule has 1 N–H and O–H groups in total. The monoisotopic (exact) mass is 417 g/mol. The van der Waals surface area contributed by atoms with Crippen molar-refractivity contribution in [3.05, 3.63) is 96.1 Å². The van der Waals surface area contributed by atoms with Crippen molar-refractivity contribution in [3.63, 3.8) is 0 Å². The molecule has 4 aromatic rings. The fraction of sp³-hybridized carbons (Fsp3) is 0.0870. The minimum absolute atomic E-state index is 0.181. The molecule has 0 saturated carbocycles. The van der Waals surface area contributed by atoms with Gasteiger partial charge in [0.25, 0.3) is 5.91 Å². The van der Waals surface area contributed by atoms with Gasteiger partial charge in [-0.25, -0.2) is 0 Å². The van der Waals surface area contributed by atoms with Gasteiger partial charge in [-0.3, -0.25) is 4.79 Å². The fourth-order valence-electron chi connectivity index (χ4n) is 2.75. The van der Waals surface area contributed by atoms with Crippen LogP contribution in [0.1, 0.15) is 22.1 Å². The van der Waals surface area contributed by atoms with E-state index >= 15 is 0 Å². The standard InChI is InChI=1S/C23H19N3O3S/c1-16-24-22(26-29-16)15-30-21-10-6-5-9-20(21)23(27)25-17-11-13-19(14-12-17)28-18-7-3-2-4-8-18/h2-14H,15H2,1H3,(H,25,27). The minimum Gasteiger partial charge on any atom is -0.457 e. The zero-order chi connectivity index (χ0) is 20.8. The zero-order valence-electron chi connectivity index (χ0n) is 16.2. The predicted octanol–water partition coefficient (Wildman–Crippen LogP) is 5.71. The number of carbonyl (C=O) groups is 1. The Bertz CT molecular complexity index is 1130. The highest BCUT2D eigenvalue weighted by Crippen LogP contribution is 2.27. The Labute approximate surface area is 178 Å². The van der Waals surface area contributed by atoms with E-state index in [1.165, 1.54) is 11.8 Å². The number of thioether (sulfide) groups is 1. The van der Waals surface area contributed by atoms with E-state index in [0.717, 1.165) is 10.6 Å². The molecule has 1 heterocycles. The summed E-state index contributed by atoms with van der Waals surface area (Å²) in [6.07, 6.45) is 0. The molecule has 0 bridgehead atoms. The van der Waals surface area contributed by atoms with Crippen molar-refractivity contribution >= 4 is 23.4 Å². The van der Waals surface area contributed by atoms with Gasteiger partial charge < -0.3 is 14.6 Å². The number of benzene rings is 3. The maximum absolute atomic E-state index is 12.8. The van der Waals surface area contributed by atoms with Crippen LogP contribution in [0.3, 0.4) is 0 Å². The molecule has 0 aliphatic carbocycles. The summed E-state index contributed by atoms with van der Waals surface area (Å²) in [6, 6.07) is 24.3. The lowest BCUT2D eigenvalue weighted by Gasteiger charge is -2.10. The Morgan fingerprint density at radius 1 is 0.967 bits per heavy atom. The van der Waals surface area contributed by atoms with Crippen LogP contribution in [0.5, 0.6) is 11.5 Å². The Kier molecular flexibility index (Phi) is 6.10. The molecule has 0 spiro atoms. The number of nitrogens with zero attached hydrogens (tertiary/aromatic N) is 2. The highest BCUT2D eigenvalue weighted by Gasteiger charge is 2.13. The number of ether oxygens (including phenoxy) is 1. The third-order valence-electron chi connectivity index (χ3n) is 4.15. The van der Waals surface area contributed by atoms with E-state index in [-0.39, 0.29) is 5.91 Å². The van der Waals surface area contributed by atoms with Gasteiger partial charge >= 0.3 is 0 Å². The van der Waals surface area contributed by atoms with E-state index in [1.54, 1.807) is 13.0 Å². The number of hydrogen-bond donors (Lipinski definition) is 1. The second-order valence-electron chi connectivity index (χ2n) is 6.41. The van der Waals surface area contributed by atoms with Gasteiger partial charge in [0, 0.05) is 17.5 Å². The lowest BCUT2D eigenvalue weighted by Crippen LogP contribution is -2.12. The van der Waals surface area contributed by atoms with Gasteiger partial charge in [0.2, 0.25) is 5.89 Å². The zero-order valence-corrected chi connectivity index (χ0v) is 17.1. The third kappa shape index (κ3) is 5.07. The molecule has 0 aliphatic heterocycles. The van der Waals surface area contributed by atoms with Crippen LogP contribution < -0.4 is 10.1 Å². The predicted molar refractivity (Wildman–Crippen MR) is 116 cm³/mol. The average molecular weight is 417 g/mol. The minimum atomic E-state index is -0.181. The average Bonchev–Trinajstić information content (AvgIpc) is 3.20. The van der Waals surface area contributed by atoms with Gasteiger partial charge in [0.15, 0.2) is 5.82 Å². The van der Waals surface area contributed by atoms with Crippen LogP contribution in [0.15, 0.2) is 88.3 Å². The van der Waals surface area contributed by atoms with Crippen LogP contribution in [0.4, 0.5) is 5.69 Å². The van der Waals surface area contributed by atoms with E-state index < -0.39 is 0 Å². The highest BCUT2D eigenvalue weighted by atomic mass is 32.2. The van der Waals surface area contributed by atoms with Crippen LogP contribution in [0, 0.1) is 6.92 Å². The lowest BCUT2D eigenvalue weighted by atomic mass is 10.2. The maximum Gasteiger partial charge on any atom is 0.256 e. The first-order chi connectivity index (χ1) is 14.7. The van der Waals surface area contributed by atoms with Crippen LogP contribution >= 0.6 is 11.8 Å². The van der Waals surface area contributed by atoms with E-state index in [2.05, 4.69) is 15.5 Å². The van der Waals surface area contributed by atoms with Gasteiger partial charge in [0.05, 0.1) is 11.3 Å². The molecule has 0 saturated heterocycles. The van der Waals surface area contributed by atoms with E-state index in [9.17, 15) is 4.79 Å². The summed E-state index contributed by atoms with van der Waals surface area (Å²) < 4.78 is 10.8. The van der Waals surface area contributed by atoms with Gasteiger partial charge in [-0.15, -0.1) is 11.8 Å². The molecule has 1 aromatic heterocycles. The number of rotatable bonds is 7. The molecule has 0 atom stereocenters. The molecular formula is C23H19N3O3S. The first-order valence-electron chi connectivity index (χ1n) is 9.33. The molecule has 150 valence electrons. The SMILES string of the molecule is Cc1nc(CSc2ccccc2C(=O)Nc2ccc(Oc3ccccc3)cc2)no1. The summed E-state index contributed by atoms with van der Waals surface area (Å²) in [7, 11) is 0. The quantitative estimate of drug-likeness (QED) is 0.388. The first kappa shape index (κ1) is 19.7. The second kappa shape index (κ2) is 9.28. The fourth-order valence-corrected chi connectivity index (χ4v) is 3.64. The van der Waals surface area contributed by atoms with Crippen LogP contribution in [-0.2, 0) is 5.75 Å². The summed E-state index contributed by atoms with van der Waals surface area (Å²) in [4.78, 5) is 17.9. The van der Waals surface area contributed by atoms with Crippen LogP contribution in [-0.4, -0.2) is 16.0 Å². The molecule has 3 aromatic carbocycles. The Hall–Kier alpha value is -3.58. The largest absolute Gasteiger partial charge is 0.457 e. The van der Waals surface area contributed by atoms with Crippen LogP contribution in [0.25, 0.3) is 0 Å². The molecule has 6 nitrogen and oxygen atoms in total. The second-order valence-corrected chi connectivity index (χ2v) is 7.43. The van der Waals surface area contributed by atoms with E-state index in [1.807, 2.05) is 72.8 Å². The highest BCUT2D eigenvalue weighted by molar-refractivity contribution is 7.98. The molecule has 1 amide bonds. The molecule has 0 fully saturated rings. The van der Waals surface area contributed by atoms with Gasteiger partial charge in [0.1, 0.15) is 11.5 Å². The normalized spacial score (nSPS) is 10.6. The first-order valence-corrected chi connectivity index (χ1v) is 10.3. The Morgan fingerprint density at radius 2 is 1.67 bits per heavy atom. The topological polar surface area (TPSA) is 77.2 Å². The molecule has 4 rings (SSSR count). The summed E-state index contributed by atoms with van der Waals surface area (Å²) in [5, 5.41) is 6.83. The van der Waals surface area contributed by atoms with Crippen molar-refractivity contribution in [3.8, 4) is 11.5 Å². The smallest absolute Gasteiger partial charge is 0.256 e. The number of carbonyl (C=O) groups excluding carboxylic acids is 1. The van der Waals surface area contributed by atoms with E-state index in [0.29, 0.717) is 34.5 Å². The summed E-state index contributed by atoms with van der Waals surface area (Å²) in [5.74, 6) is 2.92. The summed E-state index contributed by atoms with van der Waals surface area (Å²) in [5.41, 5.74) is 1.28. The number of aryl methyl sites for hydroxylation is 1. The number of para-hydroxylation sites is 1. The number of nitrogens with one attached hydrogen (secondary N) is 1. The van der Waals surface area contributed by atoms with Crippen LogP contribution in [0.2, 0.25) is 0 Å². The van der Waals surface area contributed by atoms with Crippen molar-refractivity contribution in [2.75, 3.05) is 5.32 Å². The van der Waals surface area contributed by atoms with Crippen molar-refractivity contribution in [2.45, 2.75) is 17.6 Å². The number of amides is 1. The third-order valence-corrected chi connectivity index (χ3v) is 5.22. The Balaban J connectivity index is 1.41. The number of aromatic nitrogens is 2. The van der Waals surface area contributed by atoms with Crippen molar-refractivity contribution in [2.24, 2.45) is 0 Å². The van der Waals surface area contributed by atoms with Crippen molar-refractivity contribution in [1.29, 1.82) is 0 Å². The maximum atomic E-state index is 12.8. The molecule has 0 aliphatic rings. The van der Waals surface area contributed by atoms with E-state index in [4.69, 9.17) is 9.26 Å². The molecule has 30 heavy (non-hydrogen) atoms. The van der Waals surface area contributed by atoms with Gasteiger partial charge in [-0.05, 0) is 48.5 Å². The molecule has 0 radical (unpaired) electrons. The van der Waals surface area contributed by atoms with Gasteiger partial charge in [-0.2, -0.15) is 4.98 Å². The lowest BCUT2D eigenvalue weighted by molar-refractivity contribution is 0.102. The van der Waals surface area contributed by atoms with Crippen molar-refractivity contribution in [1.82, 2.24) is 10.1 Å². The van der Waals surface area contributed by atoms with Gasteiger partial charge in [-0.1, -0.05) is 35.5 Å². The number of hydrogen-bond acceptors (Lipinski definition) is 6. The summed E-state index contributed by atoms with van der Waals surface area (Å²) in [6.45, 7) is 1.75. The van der Waals surface area contributed by atoms with Crippen molar-refractivity contribution < 1.29 is 14.1 Å². The molecule has 7 heteroatoms.